The van der Waals surface area contributed by atoms with E-state index in [-0.39, 0.29) is 42.6 Å². The molecule has 0 spiro atoms. The Morgan fingerprint density at radius 3 is 2.54 bits per heavy atom. The van der Waals surface area contributed by atoms with Crippen LogP contribution >= 0.6 is 0 Å². The number of carbonyl (C=O) groups excluding carboxylic acids is 3. The van der Waals surface area contributed by atoms with Crippen LogP contribution in [0.1, 0.15) is 78.8 Å². The van der Waals surface area contributed by atoms with Crippen molar-refractivity contribution < 1.29 is 28.6 Å². The maximum absolute atomic E-state index is 14.1. The summed E-state index contributed by atoms with van der Waals surface area (Å²) in [5.41, 5.74) is 1.72. The summed E-state index contributed by atoms with van der Waals surface area (Å²) in [6.45, 7) is 9.55. The number of esters is 1. The van der Waals surface area contributed by atoms with E-state index in [1.165, 1.54) is 6.92 Å². The van der Waals surface area contributed by atoms with Crippen molar-refractivity contribution in [3.8, 4) is 11.6 Å². The molecule has 3 aliphatic rings. The van der Waals surface area contributed by atoms with Crippen LogP contribution in [-0.4, -0.2) is 64.4 Å². The lowest BCUT2D eigenvalue weighted by Gasteiger charge is -2.34. The zero-order chi connectivity index (χ0) is 29.5. The van der Waals surface area contributed by atoms with Gasteiger partial charge in [-0.2, -0.15) is 0 Å². The van der Waals surface area contributed by atoms with Gasteiger partial charge in [0.2, 0.25) is 11.8 Å². The van der Waals surface area contributed by atoms with Gasteiger partial charge in [-0.1, -0.05) is 40.5 Å². The largest absolute Gasteiger partial charge is 0.497 e. The number of aryl methyl sites for hydroxylation is 1. The van der Waals surface area contributed by atoms with E-state index in [4.69, 9.17) is 24.2 Å². The molecule has 0 N–H and O–H groups in total. The van der Waals surface area contributed by atoms with Crippen molar-refractivity contribution in [3.63, 3.8) is 0 Å². The highest BCUT2D eigenvalue weighted by atomic mass is 16.5. The van der Waals surface area contributed by atoms with Crippen molar-refractivity contribution in [2.24, 2.45) is 23.2 Å². The summed E-state index contributed by atoms with van der Waals surface area (Å²) in [4.78, 5) is 51.4. The number of fused-ring (bicyclic) bond motifs is 5. The first-order valence-electron chi connectivity index (χ1n) is 15.0. The smallest absolute Gasteiger partial charge is 0.306 e. The molecule has 1 saturated heterocycles. The number of hydrogen-bond acceptors (Lipinski definition) is 8. The summed E-state index contributed by atoms with van der Waals surface area (Å²) in [7, 11) is 1.61. The molecule has 1 aliphatic carbocycles. The molecule has 9 heteroatoms. The number of aromatic nitrogens is 2. The summed E-state index contributed by atoms with van der Waals surface area (Å²) < 4.78 is 17.8. The van der Waals surface area contributed by atoms with Crippen LogP contribution in [0.4, 0.5) is 0 Å². The van der Waals surface area contributed by atoms with Gasteiger partial charge in [0.25, 0.3) is 0 Å². The van der Waals surface area contributed by atoms with Crippen LogP contribution in [0.3, 0.4) is 0 Å². The van der Waals surface area contributed by atoms with Crippen LogP contribution in [0, 0.1) is 23.2 Å². The van der Waals surface area contributed by atoms with E-state index in [1.54, 1.807) is 12.0 Å². The van der Waals surface area contributed by atoms with Crippen LogP contribution in [-0.2, 0) is 25.5 Å². The predicted molar refractivity (Wildman–Crippen MR) is 154 cm³/mol. The molecule has 0 unspecified atom stereocenters. The normalized spacial score (nSPS) is 29.5. The minimum absolute atomic E-state index is 0.00524. The van der Waals surface area contributed by atoms with Gasteiger partial charge in [0.1, 0.15) is 23.7 Å². The number of methoxy groups -OCH3 is 1. The highest BCUT2D eigenvalue weighted by molar-refractivity contribution is 5.91. The molecule has 6 atom stereocenters. The summed E-state index contributed by atoms with van der Waals surface area (Å²) in [6.07, 6.45) is 5.09. The number of ether oxygens (including phenoxy) is 3. The third-order valence-electron chi connectivity index (χ3n) is 9.01. The average molecular weight is 566 g/mol. The highest BCUT2D eigenvalue weighted by Gasteiger charge is 2.49. The first kappa shape index (κ1) is 29.3. The average Bonchev–Trinajstić information content (AvgIpc) is 3.56. The van der Waals surface area contributed by atoms with Gasteiger partial charge < -0.3 is 19.1 Å². The SMILES string of the molecule is COc1ccc2nc3c(nc2c1)O[C@H]1CN(C(=O)[C@H](C(C)(C)C)CC(=O)O[C@@H]2C[C@H]2CCCCC3)[C@H](C(C)=O)[C@@H]1C. The standard InChI is InChI=1S/C32H43N3O6/c1-18-27-17-35(29(18)19(2)36)31(38)22(32(3,4)5)16-28(37)40-26-14-20(26)10-8-7-9-11-24-30(41-27)34-25-15-21(39-6)12-13-23(25)33-24/h12-13,15,18,20,22,26-27,29H,7-11,14,16-17H2,1-6H3/t18-,20-,22-,26-,27+,29+/m1/s1. The second-order valence-corrected chi connectivity index (χ2v) is 13.1. The Hall–Kier alpha value is -3.23. The minimum atomic E-state index is -0.653. The number of rotatable bonds is 2. The zero-order valence-electron chi connectivity index (χ0n) is 25.1. The minimum Gasteiger partial charge on any atom is -0.497 e. The van der Waals surface area contributed by atoms with Gasteiger partial charge in [-0.05, 0) is 56.1 Å². The van der Waals surface area contributed by atoms with Crippen LogP contribution in [0.5, 0.6) is 11.6 Å². The molecule has 1 amide bonds. The number of carbonyl (C=O) groups is 3. The maximum Gasteiger partial charge on any atom is 0.306 e. The van der Waals surface area contributed by atoms with E-state index in [2.05, 4.69) is 0 Å². The quantitative estimate of drug-likeness (QED) is 0.472. The lowest BCUT2D eigenvalue weighted by atomic mass is 9.77. The zero-order valence-corrected chi connectivity index (χ0v) is 25.1. The molecule has 3 heterocycles. The Bertz CT molecular complexity index is 1320. The van der Waals surface area contributed by atoms with Crippen molar-refractivity contribution in [3.05, 3.63) is 23.9 Å². The summed E-state index contributed by atoms with van der Waals surface area (Å²) in [6, 6.07) is 4.96. The number of amides is 1. The fraction of sp³-hybridized carbons (Fsp3) is 0.656. The Labute approximate surface area is 242 Å². The molecule has 2 aromatic rings. The maximum atomic E-state index is 14.1. The number of ketones is 1. The molecule has 1 aromatic heterocycles. The Morgan fingerprint density at radius 1 is 1.05 bits per heavy atom. The van der Waals surface area contributed by atoms with Crippen molar-refractivity contribution in [2.45, 2.75) is 97.8 Å². The monoisotopic (exact) mass is 565 g/mol. The lowest BCUT2D eigenvalue weighted by Crippen LogP contribution is -2.48. The van der Waals surface area contributed by atoms with Gasteiger partial charge >= 0.3 is 5.97 Å². The summed E-state index contributed by atoms with van der Waals surface area (Å²) in [5, 5.41) is 0. The third-order valence-corrected chi connectivity index (χ3v) is 9.01. The molecule has 2 bridgehead atoms. The van der Waals surface area contributed by atoms with E-state index >= 15 is 0 Å². The third kappa shape index (κ3) is 6.33. The molecule has 0 radical (unpaired) electrons. The van der Waals surface area contributed by atoms with E-state index < -0.39 is 23.5 Å². The second kappa shape index (κ2) is 11.6. The highest BCUT2D eigenvalue weighted by Crippen LogP contribution is 2.41. The van der Waals surface area contributed by atoms with Crippen molar-refractivity contribution in [1.29, 1.82) is 0 Å². The number of hydrogen-bond donors (Lipinski definition) is 0. The Morgan fingerprint density at radius 2 is 1.83 bits per heavy atom. The van der Waals surface area contributed by atoms with Gasteiger partial charge in [0.05, 0.1) is 43.1 Å². The Balaban J connectivity index is 1.51. The van der Waals surface area contributed by atoms with Crippen LogP contribution in [0.25, 0.3) is 11.0 Å². The van der Waals surface area contributed by atoms with Gasteiger partial charge in [0.15, 0.2) is 5.78 Å². The second-order valence-electron chi connectivity index (χ2n) is 13.1. The molecular weight excluding hydrogens is 522 g/mol. The molecule has 9 nitrogen and oxygen atoms in total. The molecule has 2 fully saturated rings. The van der Waals surface area contributed by atoms with Crippen molar-refractivity contribution in [1.82, 2.24) is 14.9 Å². The molecule has 2 aliphatic heterocycles. The fourth-order valence-corrected chi connectivity index (χ4v) is 6.40. The Kier molecular flexibility index (Phi) is 8.26. The van der Waals surface area contributed by atoms with E-state index in [0.29, 0.717) is 29.5 Å². The van der Waals surface area contributed by atoms with Crippen molar-refractivity contribution >= 4 is 28.7 Å². The molecule has 5 rings (SSSR count). The van der Waals surface area contributed by atoms with Gasteiger partial charge in [-0.15, -0.1) is 0 Å². The first-order chi connectivity index (χ1) is 19.5. The predicted octanol–water partition coefficient (Wildman–Crippen LogP) is 4.92. The first-order valence-corrected chi connectivity index (χ1v) is 15.0. The summed E-state index contributed by atoms with van der Waals surface area (Å²) in [5.74, 6) is -0.0327. The van der Waals surface area contributed by atoms with E-state index in [9.17, 15) is 14.4 Å². The molecule has 41 heavy (non-hydrogen) atoms. The van der Waals surface area contributed by atoms with Crippen LogP contribution in [0.15, 0.2) is 18.2 Å². The molecular formula is C32H43N3O6. The topological polar surface area (TPSA) is 108 Å². The van der Waals surface area contributed by atoms with Gasteiger partial charge in [-0.3, -0.25) is 14.4 Å². The van der Waals surface area contributed by atoms with E-state index in [0.717, 1.165) is 43.3 Å². The number of Topliss-reactive ketones (excluding diaryl/α,β-unsaturated/α-hetero) is 1. The fourth-order valence-electron chi connectivity index (χ4n) is 6.40. The lowest BCUT2D eigenvalue weighted by molar-refractivity contribution is -0.154. The molecule has 1 aromatic carbocycles. The number of nitrogens with zero attached hydrogens (tertiary/aromatic N) is 3. The van der Waals surface area contributed by atoms with Gasteiger partial charge in [0, 0.05) is 12.0 Å². The summed E-state index contributed by atoms with van der Waals surface area (Å²) >= 11 is 0. The molecule has 222 valence electrons. The van der Waals surface area contributed by atoms with Crippen molar-refractivity contribution in [2.75, 3.05) is 13.7 Å². The van der Waals surface area contributed by atoms with E-state index in [1.807, 2.05) is 45.9 Å². The van der Waals surface area contributed by atoms with Gasteiger partial charge in [-0.25, -0.2) is 9.97 Å². The molecule has 1 saturated carbocycles. The van der Waals surface area contributed by atoms with Crippen LogP contribution in [0.2, 0.25) is 0 Å². The van der Waals surface area contributed by atoms with Crippen LogP contribution < -0.4 is 9.47 Å². The number of benzene rings is 1.